The van der Waals surface area contributed by atoms with Crippen LogP contribution in [0, 0.1) is 17.2 Å². The van der Waals surface area contributed by atoms with E-state index in [1.165, 1.54) is 6.08 Å². The molecule has 0 radical (unpaired) electrons. The van der Waals surface area contributed by atoms with Crippen LogP contribution in [0.1, 0.15) is 18.1 Å². The molecule has 1 aliphatic heterocycles. The highest BCUT2D eigenvalue weighted by molar-refractivity contribution is 6.11. The molecule has 1 aliphatic rings. The summed E-state index contributed by atoms with van der Waals surface area (Å²) in [6.07, 6.45) is 4.00. The molecule has 0 amide bonds. The molecule has 126 valence electrons. The highest BCUT2D eigenvalue weighted by Crippen LogP contribution is 2.32. The Kier molecular flexibility index (Phi) is 5.96. The molecule has 0 N–H and O–H groups in total. The summed E-state index contributed by atoms with van der Waals surface area (Å²) in [5.41, 5.74) is 2.71. The minimum Gasteiger partial charge on any atom is -0.493 e. The van der Waals surface area contributed by atoms with Crippen molar-refractivity contribution >= 4 is 11.7 Å². The minimum atomic E-state index is -0.946. The molecule has 1 aromatic carbocycles. The van der Waals surface area contributed by atoms with Gasteiger partial charge in [-0.05, 0) is 37.1 Å². The van der Waals surface area contributed by atoms with Crippen LogP contribution in [0.2, 0.25) is 0 Å². The lowest BCUT2D eigenvalue weighted by atomic mass is 9.95. The first-order valence-corrected chi connectivity index (χ1v) is 7.68. The van der Waals surface area contributed by atoms with Gasteiger partial charge in [0, 0.05) is 12.1 Å². The molecule has 1 aromatic rings. The van der Waals surface area contributed by atoms with E-state index in [0.29, 0.717) is 23.8 Å². The topological polar surface area (TPSA) is 80.9 Å². The molecule has 0 bridgehead atoms. The Balaban J connectivity index is 2.31. The van der Waals surface area contributed by atoms with Crippen molar-refractivity contribution in [1.29, 1.82) is 5.26 Å². The zero-order valence-electron chi connectivity index (χ0n) is 14.0. The van der Waals surface area contributed by atoms with Crippen LogP contribution in [-0.4, -0.2) is 39.1 Å². The molecule has 24 heavy (non-hydrogen) atoms. The third kappa shape index (κ3) is 3.74. The van der Waals surface area contributed by atoms with Gasteiger partial charge in [0.15, 0.2) is 17.4 Å². The van der Waals surface area contributed by atoms with Crippen molar-refractivity contribution in [3.8, 4) is 17.6 Å². The Labute approximate surface area is 141 Å². The fourth-order valence-corrected chi connectivity index (χ4v) is 2.48. The van der Waals surface area contributed by atoms with Gasteiger partial charge in [0.1, 0.15) is 0 Å². The fraction of sp³-hybridized carbons (Fsp3) is 0.389. The van der Waals surface area contributed by atoms with Crippen LogP contribution in [0.5, 0.6) is 11.5 Å². The van der Waals surface area contributed by atoms with Crippen LogP contribution in [-0.2, 0) is 16.0 Å². The van der Waals surface area contributed by atoms with E-state index in [2.05, 4.69) is 4.99 Å². The Morgan fingerprint density at radius 2 is 2.08 bits per heavy atom. The average Bonchev–Trinajstić information content (AvgIpc) is 2.61. The third-order valence-corrected chi connectivity index (χ3v) is 3.67. The summed E-state index contributed by atoms with van der Waals surface area (Å²) in [6.45, 7) is 2.58. The lowest BCUT2D eigenvalue weighted by molar-refractivity contribution is -0.144. The zero-order valence-corrected chi connectivity index (χ0v) is 14.0. The summed E-state index contributed by atoms with van der Waals surface area (Å²) in [7, 11) is 3.17. The van der Waals surface area contributed by atoms with Crippen molar-refractivity contribution in [3.63, 3.8) is 0 Å². The maximum atomic E-state index is 11.7. The summed E-state index contributed by atoms with van der Waals surface area (Å²) in [6, 6.07) is 5.73. The van der Waals surface area contributed by atoms with Gasteiger partial charge in [-0.25, -0.2) is 0 Å². The molecule has 0 saturated heterocycles. The Bertz CT molecular complexity index is 716. The van der Waals surface area contributed by atoms with Gasteiger partial charge in [0.2, 0.25) is 0 Å². The SMILES string of the molecule is CCOC(=O)C(C#N)C=CC1=NCCc2cc(OC)c(OC)cc21. The molecule has 1 atom stereocenters. The van der Waals surface area contributed by atoms with E-state index in [0.717, 1.165) is 17.5 Å². The first-order chi connectivity index (χ1) is 11.6. The van der Waals surface area contributed by atoms with E-state index in [1.54, 1.807) is 27.2 Å². The minimum absolute atomic E-state index is 0.242. The highest BCUT2D eigenvalue weighted by atomic mass is 16.5. The summed E-state index contributed by atoms with van der Waals surface area (Å²) in [5.74, 6) is -0.220. The Hall–Kier alpha value is -2.81. The van der Waals surface area contributed by atoms with Crippen molar-refractivity contribution < 1.29 is 19.0 Å². The van der Waals surface area contributed by atoms with Crippen molar-refractivity contribution in [2.45, 2.75) is 13.3 Å². The van der Waals surface area contributed by atoms with Crippen molar-refractivity contribution in [3.05, 3.63) is 35.4 Å². The van der Waals surface area contributed by atoms with Gasteiger partial charge in [-0.1, -0.05) is 6.08 Å². The monoisotopic (exact) mass is 328 g/mol. The van der Waals surface area contributed by atoms with Crippen LogP contribution < -0.4 is 9.47 Å². The number of esters is 1. The number of rotatable bonds is 6. The van der Waals surface area contributed by atoms with Crippen molar-refractivity contribution in [2.75, 3.05) is 27.4 Å². The maximum Gasteiger partial charge on any atom is 0.327 e. The molecule has 6 heteroatoms. The number of aliphatic imine (C=N–C) groups is 1. The molecule has 1 unspecified atom stereocenters. The highest BCUT2D eigenvalue weighted by Gasteiger charge is 2.19. The van der Waals surface area contributed by atoms with Gasteiger partial charge in [-0.2, -0.15) is 5.26 Å². The number of carbonyl (C=O) groups excluding carboxylic acids is 1. The largest absolute Gasteiger partial charge is 0.493 e. The van der Waals surface area contributed by atoms with E-state index in [-0.39, 0.29) is 6.61 Å². The number of carbonyl (C=O) groups is 1. The van der Waals surface area contributed by atoms with Crippen LogP contribution in [0.4, 0.5) is 0 Å². The quantitative estimate of drug-likeness (QED) is 0.749. The van der Waals surface area contributed by atoms with Crippen LogP contribution in [0.3, 0.4) is 0 Å². The Morgan fingerprint density at radius 1 is 1.38 bits per heavy atom. The molecule has 6 nitrogen and oxygen atoms in total. The molecule has 0 fully saturated rings. The first-order valence-electron chi connectivity index (χ1n) is 7.68. The molecular weight excluding hydrogens is 308 g/mol. The average molecular weight is 328 g/mol. The van der Waals surface area contributed by atoms with E-state index in [1.807, 2.05) is 18.2 Å². The Morgan fingerprint density at radius 3 is 2.71 bits per heavy atom. The molecule has 0 saturated carbocycles. The molecule has 0 aromatic heterocycles. The lowest BCUT2D eigenvalue weighted by Gasteiger charge is -2.18. The number of nitriles is 1. The van der Waals surface area contributed by atoms with Gasteiger partial charge >= 0.3 is 5.97 Å². The summed E-state index contributed by atoms with van der Waals surface area (Å²) in [5, 5.41) is 9.12. The normalized spacial score (nSPS) is 14.3. The van der Waals surface area contributed by atoms with Crippen molar-refractivity contribution in [1.82, 2.24) is 0 Å². The number of methoxy groups -OCH3 is 2. The lowest BCUT2D eigenvalue weighted by Crippen LogP contribution is -2.16. The van der Waals surface area contributed by atoms with Crippen LogP contribution >= 0.6 is 0 Å². The summed E-state index contributed by atoms with van der Waals surface area (Å²) >= 11 is 0. The molecule has 1 heterocycles. The number of benzene rings is 1. The van der Waals surface area contributed by atoms with E-state index >= 15 is 0 Å². The number of hydrogen-bond donors (Lipinski definition) is 0. The van der Waals surface area contributed by atoms with Gasteiger partial charge in [-0.15, -0.1) is 0 Å². The third-order valence-electron chi connectivity index (χ3n) is 3.67. The standard InChI is InChI=1S/C18H20N2O4/c1-4-24-18(21)13(11-19)5-6-15-14-10-17(23-3)16(22-2)9-12(14)7-8-20-15/h5-6,9-10,13H,4,7-8H2,1-3H3. The van der Waals surface area contributed by atoms with E-state index < -0.39 is 11.9 Å². The van der Waals surface area contributed by atoms with Crippen LogP contribution in [0.15, 0.2) is 29.3 Å². The number of nitrogens with zero attached hydrogens (tertiary/aromatic N) is 2. The first kappa shape index (κ1) is 17.5. The van der Waals surface area contributed by atoms with Crippen LogP contribution in [0.25, 0.3) is 0 Å². The molecule has 0 aliphatic carbocycles. The second-order valence-electron chi connectivity index (χ2n) is 5.10. The summed E-state index contributed by atoms with van der Waals surface area (Å²) < 4.78 is 15.5. The number of ether oxygens (including phenoxy) is 3. The maximum absolute atomic E-state index is 11.7. The second kappa shape index (κ2) is 8.16. The van der Waals surface area contributed by atoms with E-state index in [9.17, 15) is 4.79 Å². The number of fused-ring (bicyclic) bond motifs is 1. The van der Waals surface area contributed by atoms with E-state index in [4.69, 9.17) is 19.5 Å². The fourth-order valence-electron chi connectivity index (χ4n) is 2.48. The number of hydrogen-bond acceptors (Lipinski definition) is 6. The number of allylic oxidation sites excluding steroid dienone is 1. The molecule has 0 spiro atoms. The predicted molar refractivity (Wildman–Crippen MR) is 89.5 cm³/mol. The summed E-state index contributed by atoms with van der Waals surface area (Å²) in [4.78, 5) is 16.2. The second-order valence-corrected chi connectivity index (χ2v) is 5.10. The van der Waals surface area contributed by atoms with Gasteiger partial charge in [0.25, 0.3) is 0 Å². The molecular formula is C18H20N2O4. The smallest absolute Gasteiger partial charge is 0.327 e. The van der Waals surface area contributed by atoms with Crippen molar-refractivity contribution in [2.24, 2.45) is 10.9 Å². The van der Waals surface area contributed by atoms with Gasteiger partial charge in [0.05, 0.1) is 32.6 Å². The van der Waals surface area contributed by atoms with Gasteiger partial charge in [-0.3, -0.25) is 9.79 Å². The molecule has 2 rings (SSSR count). The zero-order chi connectivity index (χ0) is 17.5. The van der Waals surface area contributed by atoms with Gasteiger partial charge < -0.3 is 14.2 Å². The predicted octanol–water partition coefficient (Wildman–Crippen LogP) is 2.31.